The molecule has 176 valence electrons. The van der Waals surface area contributed by atoms with Crippen LogP contribution in [0.5, 0.6) is 0 Å². The van der Waals surface area contributed by atoms with Crippen molar-refractivity contribution >= 4 is 12.1 Å². The number of aliphatic hydroxyl groups is 1. The van der Waals surface area contributed by atoms with Gasteiger partial charge in [-0.15, -0.1) is 0 Å². The summed E-state index contributed by atoms with van der Waals surface area (Å²) in [6.07, 6.45) is 3.54. The second kappa shape index (κ2) is 21.0. The normalized spacial score (nSPS) is 10.2. The average Bonchev–Trinajstić information content (AvgIpc) is 2.81. The Bertz CT molecular complexity index is 664. The molecule has 2 rings (SSSR count). The highest BCUT2D eigenvalue weighted by Crippen LogP contribution is 2.30. The maximum Gasteiger partial charge on any atom is 0.214 e. The van der Waals surface area contributed by atoms with Crippen molar-refractivity contribution in [2.45, 2.75) is 66.8 Å². The number of benzene rings is 2. The van der Waals surface area contributed by atoms with E-state index in [9.17, 15) is 14.3 Å². The third-order valence-electron chi connectivity index (χ3n) is 4.01. The largest absolute Gasteiger partial charge is 0.394 e. The smallest absolute Gasteiger partial charge is 0.214 e. The number of anilines is 1. The summed E-state index contributed by atoms with van der Waals surface area (Å²) < 4.78 is 13.6. The number of amides is 1. The quantitative estimate of drug-likeness (QED) is 0.491. The first-order chi connectivity index (χ1) is 15.0. The molecule has 2 N–H and O–H groups in total. The van der Waals surface area contributed by atoms with Crippen LogP contribution in [0.4, 0.5) is 10.1 Å². The topological polar surface area (TPSA) is 52.6 Å². The molecule has 31 heavy (non-hydrogen) atoms. The molecule has 1 amide bonds. The van der Waals surface area contributed by atoms with Crippen molar-refractivity contribution in [3.8, 4) is 0 Å². The van der Waals surface area contributed by atoms with Gasteiger partial charge in [-0.05, 0) is 43.3 Å². The van der Waals surface area contributed by atoms with E-state index in [4.69, 9.17) is 0 Å². The molecular formula is C26H43FN2O2. The van der Waals surface area contributed by atoms with Gasteiger partial charge in [0, 0.05) is 0 Å². The molecule has 2 aromatic carbocycles. The summed E-state index contributed by atoms with van der Waals surface area (Å²) in [6, 6.07) is 13.2. The van der Waals surface area contributed by atoms with E-state index in [2.05, 4.69) is 26.1 Å². The standard InChI is InChI=1S/C18H20FNO2.C3H9N.C3H8.C2H6/c1-2-6-14-9-10-16(19)11-17(14)20(13-22)18(12-21)15-7-4-3-5-8-15;1-3-4-2;1-3-2;1-2/h3-5,7-11,13,18,21H,2,6,12H2,1H3;4H,3H2,1-2H3;3H2,1-2H3;1-2H3/t18-;;;/m1.../s1. The Hall–Kier alpha value is -2.24. The minimum absolute atomic E-state index is 0.231. The Kier molecular flexibility index (Phi) is 21.0. The number of nitrogens with one attached hydrogen (secondary N) is 1. The molecule has 2 aromatic rings. The summed E-state index contributed by atoms with van der Waals surface area (Å²) in [5.41, 5.74) is 2.22. The zero-order valence-electron chi connectivity index (χ0n) is 20.5. The fourth-order valence-corrected chi connectivity index (χ4v) is 2.59. The summed E-state index contributed by atoms with van der Waals surface area (Å²) in [5.74, 6) is -0.397. The van der Waals surface area contributed by atoms with E-state index < -0.39 is 11.9 Å². The van der Waals surface area contributed by atoms with Crippen LogP contribution in [0.25, 0.3) is 0 Å². The number of hydrogen-bond acceptors (Lipinski definition) is 3. The highest BCUT2D eigenvalue weighted by atomic mass is 19.1. The molecule has 0 unspecified atom stereocenters. The van der Waals surface area contributed by atoms with Crippen molar-refractivity contribution in [3.63, 3.8) is 0 Å². The third-order valence-corrected chi connectivity index (χ3v) is 4.01. The van der Waals surface area contributed by atoms with E-state index in [1.807, 2.05) is 58.2 Å². The Morgan fingerprint density at radius 3 is 2.03 bits per heavy atom. The van der Waals surface area contributed by atoms with E-state index in [0.29, 0.717) is 12.1 Å². The zero-order chi connectivity index (χ0) is 24.1. The molecule has 0 aromatic heterocycles. The van der Waals surface area contributed by atoms with Crippen LogP contribution >= 0.6 is 0 Å². The van der Waals surface area contributed by atoms with Gasteiger partial charge < -0.3 is 15.3 Å². The molecule has 0 heterocycles. The van der Waals surface area contributed by atoms with E-state index in [0.717, 1.165) is 30.5 Å². The maximum atomic E-state index is 13.6. The lowest BCUT2D eigenvalue weighted by Gasteiger charge is -2.29. The van der Waals surface area contributed by atoms with Crippen molar-refractivity contribution in [1.29, 1.82) is 0 Å². The van der Waals surface area contributed by atoms with Gasteiger partial charge in [-0.3, -0.25) is 4.79 Å². The van der Waals surface area contributed by atoms with Gasteiger partial charge >= 0.3 is 0 Å². The highest BCUT2D eigenvalue weighted by molar-refractivity contribution is 5.78. The van der Waals surface area contributed by atoms with Crippen LogP contribution < -0.4 is 10.2 Å². The number of carbonyl (C=O) groups excluding carboxylic acids is 1. The molecule has 0 saturated heterocycles. The van der Waals surface area contributed by atoms with Crippen LogP contribution in [0.2, 0.25) is 0 Å². The highest BCUT2D eigenvalue weighted by Gasteiger charge is 2.22. The second-order valence-corrected chi connectivity index (χ2v) is 6.56. The van der Waals surface area contributed by atoms with Crippen LogP contribution in [-0.4, -0.2) is 31.7 Å². The maximum absolute atomic E-state index is 13.6. The summed E-state index contributed by atoms with van der Waals surface area (Å²) in [6.45, 7) is 13.2. The summed E-state index contributed by atoms with van der Waals surface area (Å²) in [5, 5.41) is 12.7. The molecule has 0 spiro atoms. The summed E-state index contributed by atoms with van der Waals surface area (Å²) in [4.78, 5) is 13.0. The van der Waals surface area contributed by atoms with Crippen molar-refractivity contribution in [2.75, 3.05) is 25.1 Å². The number of carbonyl (C=O) groups is 1. The molecule has 0 bridgehead atoms. The van der Waals surface area contributed by atoms with Gasteiger partial charge in [0.1, 0.15) is 5.82 Å². The van der Waals surface area contributed by atoms with Gasteiger partial charge in [0.15, 0.2) is 0 Å². The lowest BCUT2D eigenvalue weighted by Crippen LogP contribution is -2.30. The van der Waals surface area contributed by atoms with Gasteiger partial charge in [0.05, 0.1) is 18.3 Å². The Morgan fingerprint density at radius 1 is 1.06 bits per heavy atom. The molecule has 0 saturated carbocycles. The minimum Gasteiger partial charge on any atom is -0.394 e. The van der Waals surface area contributed by atoms with E-state index in [1.54, 1.807) is 6.07 Å². The van der Waals surface area contributed by atoms with Gasteiger partial charge in [-0.1, -0.05) is 90.8 Å². The Morgan fingerprint density at radius 2 is 1.61 bits per heavy atom. The second-order valence-electron chi connectivity index (χ2n) is 6.56. The lowest BCUT2D eigenvalue weighted by atomic mass is 10.0. The number of aryl methyl sites for hydroxylation is 1. The van der Waals surface area contributed by atoms with Crippen LogP contribution in [0, 0.1) is 5.82 Å². The van der Waals surface area contributed by atoms with E-state index in [1.165, 1.54) is 23.5 Å². The first-order valence-corrected chi connectivity index (χ1v) is 11.4. The predicted molar refractivity (Wildman–Crippen MR) is 132 cm³/mol. The van der Waals surface area contributed by atoms with Crippen LogP contribution in [0.3, 0.4) is 0 Å². The fraction of sp³-hybridized carbons (Fsp3) is 0.500. The average molecular weight is 435 g/mol. The molecule has 0 aliphatic rings. The molecule has 0 aliphatic carbocycles. The van der Waals surface area contributed by atoms with Gasteiger partial charge in [-0.2, -0.15) is 0 Å². The van der Waals surface area contributed by atoms with Crippen LogP contribution in [-0.2, 0) is 11.2 Å². The number of halogens is 1. The SMILES string of the molecule is CC.CCC.CCCc1ccc(F)cc1N(C=O)[C@H](CO)c1ccccc1.CCNC. The number of aliphatic hydroxyl groups excluding tert-OH is 1. The zero-order valence-corrected chi connectivity index (χ0v) is 20.5. The minimum atomic E-state index is -0.531. The molecule has 0 fully saturated rings. The van der Waals surface area contributed by atoms with E-state index >= 15 is 0 Å². The summed E-state index contributed by atoms with van der Waals surface area (Å²) in [7, 11) is 1.93. The number of nitrogens with zero attached hydrogens (tertiary/aromatic N) is 1. The number of rotatable bonds is 8. The molecule has 4 nitrogen and oxygen atoms in total. The van der Waals surface area contributed by atoms with Crippen LogP contribution in [0.1, 0.15) is 71.6 Å². The first kappa shape index (κ1) is 30.9. The Labute approximate surface area is 189 Å². The van der Waals surface area contributed by atoms with Gasteiger partial charge in [-0.25, -0.2) is 4.39 Å². The molecule has 1 atom stereocenters. The Balaban J connectivity index is 0. The first-order valence-electron chi connectivity index (χ1n) is 11.4. The van der Waals surface area contributed by atoms with Gasteiger partial charge in [0.2, 0.25) is 6.41 Å². The molecule has 5 heteroatoms. The predicted octanol–water partition coefficient (Wildman–Crippen LogP) is 6.14. The molecule has 0 radical (unpaired) electrons. The van der Waals surface area contributed by atoms with Crippen molar-refractivity contribution < 1.29 is 14.3 Å². The van der Waals surface area contributed by atoms with E-state index in [-0.39, 0.29) is 6.61 Å². The van der Waals surface area contributed by atoms with Crippen molar-refractivity contribution in [2.24, 2.45) is 0 Å². The van der Waals surface area contributed by atoms with Crippen molar-refractivity contribution in [3.05, 3.63) is 65.5 Å². The monoisotopic (exact) mass is 434 g/mol. The van der Waals surface area contributed by atoms with Gasteiger partial charge in [0.25, 0.3) is 0 Å². The molecule has 0 aliphatic heterocycles. The number of hydrogen-bond donors (Lipinski definition) is 2. The fourth-order valence-electron chi connectivity index (χ4n) is 2.59. The van der Waals surface area contributed by atoms with Crippen molar-refractivity contribution in [1.82, 2.24) is 5.32 Å². The molecular weight excluding hydrogens is 391 g/mol. The lowest BCUT2D eigenvalue weighted by molar-refractivity contribution is -0.108. The summed E-state index contributed by atoms with van der Waals surface area (Å²) >= 11 is 0. The third kappa shape index (κ3) is 12.3. The van der Waals surface area contributed by atoms with Crippen LogP contribution in [0.15, 0.2) is 48.5 Å².